The van der Waals surface area contributed by atoms with E-state index in [1.807, 2.05) is 49.4 Å². The summed E-state index contributed by atoms with van der Waals surface area (Å²) >= 11 is 0. The second kappa shape index (κ2) is 7.41. The van der Waals surface area contributed by atoms with Crippen molar-refractivity contribution in [3.8, 4) is 5.69 Å². The number of nitrogens with zero attached hydrogens (tertiary/aromatic N) is 3. The average Bonchev–Trinajstić information content (AvgIpc) is 3.07. The first-order valence-electron chi connectivity index (χ1n) is 8.94. The molecular weight excluding hydrogens is 336 g/mol. The molecule has 0 aliphatic carbocycles. The Morgan fingerprint density at radius 2 is 1.81 bits per heavy atom. The largest absolute Gasteiger partial charge is 0.324 e. The maximum Gasteiger partial charge on any atom is 0.224 e. The monoisotopic (exact) mass is 356 g/mol. The van der Waals surface area contributed by atoms with Gasteiger partial charge in [0.1, 0.15) is 5.82 Å². The van der Waals surface area contributed by atoms with Crippen molar-refractivity contribution in [1.82, 2.24) is 14.5 Å². The molecule has 4 aromatic rings. The lowest BCUT2D eigenvalue weighted by Gasteiger charge is -2.10. The van der Waals surface area contributed by atoms with Gasteiger partial charge in [0.05, 0.1) is 22.9 Å². The molecular formula is C22H20N4O. The summed E-state index contributed by atoms with van der Waals surface area (Å²) in [5, 5.41) is 2.93. The highest BCUT2D eigenvalue weighted by Crippen LogP contribution is 2.22. The summed E-state index contributed by atoms with van der Waals surface area (Å²) in [5.41, 5.74) is 4.76. The van der Waals surface area contributed by atoms with Gasteiger partial charge in [-0.2, -0.15) is 0 Å². The molecule has 0 radical (unpaired) electrons. The van der Waals surface area contributed by atoms with Crippen LogP contribution < -0.4 is 5.32 Å². The Hall–Kier alpha value is -3.47. The van der Waals surface area contributed by atoms with Crippen molar-refractivity contribution in [3.05, 3.63) is 84.4 Å². The molecule has 0 unspecified atom stereocenters. The third kappa shape index (κ3) is 3.58. The molecule has 0 aliphatic heterocycles. The number of pyridine rings is 1. The predicted octanol–water partition coefficient (Wildman–Crippen LogP) is 4.30. The number of hydrogen-bond acceptors (Lipinski definition) is 3. The van der Waals surface area contributed by atoms with E-state index in [1.54, 1.807) is 12.4 Å². The highest BCUT2D eigenvalue weighted by molar-refractivity contribution is 5.91. The standard InChI is InChI=1S/C22H20N4O/c1-16-13-14-23-15-19(16)25-22(27)12-11-21-24-18-9-5-6-10-20(18)26(21)17-7-3-2-4-8-17/h2-10,13-15H,11-12H2,1H3,(H,25,27). The number of aromatic nitrogens is 3. The van der Waals surface area contributed by atoms with Crippen molar-refractivity contribution in [1.29, 1.82) is 0 Å². The Morgan fingerprint density at radius 1 is 1.04 bits per heavy atom. The topological polar surface area (TPSA) is 59.8 Å². The van der Waals surface area contributed by atoms with E-state index < -0.39 is 0 Å². The third-order valence-corrected chi connectivity index (χ3v) is 4.53. The van der Waals surface area contributed by atoms with Crippen LogP contribution in [0.5, 0.6) is 0 Å². The van der Waals surface area contributed by atoms with Crippen LogP contribution in [-0.2, 0) is 11.2 Å². The van der Waals surface area contributed by atoms with Gasteiger partial charge in [0.15, 0.2) is 0 Å². The molecule has 5 heteroatoms. The van der Waals surface area contributed by atoms with Crippen molar-refractivity contribution in [2.45, 2.75) is 19.8 Å². The Balaban J connectivity index is 1.59. The predicted molar refractivity (Wildman–Crippen MR) is 107 cm³/mol. The lowest BCUT2D eigenvalue weighted by molar-refractivity contribution is -0.116. The maximum absolute atomic E-state index is 12.4. The van der Waals surface area contributed by atoms with Gasteiger partial charge in [0.25, 0.3) is 0 Å². The van der Waals surface area contributed by atoms with E-state index in [0.29, 0.717) is 12.8 Å². The zero-order valence-electron chi connectivity index (χ0n) is 15.1. The van der Waals surface area contributed by atoms with Crippen LogP contribution >= 0.6 is 0 Å². The van der Waals surface area contributed by atoms with E-state index in [4.69, 9.17) is 4.98 Å². The summed E-state index contributed by atoms with van der Waals surface area (Å²) in [6.45, 7) is 1.95. The van der Waals surface area contributed by atoms with Crippen LogP contribution in [0.1, 0.15) is 17.8 Å². The van der Waals surface area contributed by atoms with E-state index in [2.05, 4.69) is 33.1 Å². The van der Waals surface area contributed by atoms with Gasteiger partial charge in [0, 0.05) is 24.7 Å². The van der Waals surface area contributed by atoms with E-state index in [-0.39, 0.29) is 5.91 Å². The van der Waals surface area contributed by atoms with E-state index in [9.17, 15) is 4.79 Å². The van der Waals surface area contributed by atoms with Crippen molar-refractivity contribution in [2.24, 2.45) is 0 Å². The number of fused-ring (bicyclic) bond motifs is 1. The Morgan fingerprint density at radius 3 is 2.63 bits per heavy atom. The molecule has 1 N–H and O–H groups in total. The number of amides is 1. The van der Waals surface area contributed by atoms with E-state index in [0.717, 1.165) is 33.8 Å². The number of carbonyl (C=O) groups is 1. The molecule has 4 rings (SSSR count). The molecule has 0 fully saturated rings. The first kappa shape index (κ1) is 17.0. The van der Waals surface area contributed by atoms with E-state index >= 15 is 0 Å². The first-order valence-corrected chi connectivity index (χ1v) is 8.94. The van der Waals surface area contributed by atoms with Gasteiger partial charge in [-0.15, -0.1) is 0 Å². The lowest BCUT2D eigenvalue weighted by Crippen LogP contribution is -2.14. The maximum atomic E-state index is 12.4. The SMILES string of the molecule is Cc1ccncc1NC(=O)CCc1nc2ccccc2n1-c1ccccc1. The Labute approximate surface area is 157 Å². The van der Waals surface area contributed by atoms with Crippen LogP contribution in [-0.4, -0.2) is 20.4 Å². The summed E-state index contributed by atoms with van der Waals surface area (Å²) in [7, 11) is 0. The second-order valence-corrected chi connectivity index (χ2v) is 6.43. The average molecular weight is 356 g/mol. The van der Waals surface area contributed by atoms with Crippen molar-refractivity contribution in [2.75, 3.05) is 5.32 Å². The van der Waals surface area contributed by atoms with Crippen LogP contribution in [0.15, 0.2) is 73.1 Å². The zero-order valence-corrected chi connectivity index (χ0v) is 15.1. The van der Waals surface area contributed by atoms with Crippen molar-refractivity contribution >= 4 is 22.6 Å². The summed E-state index contributed by atoms with van der Waals surface area (Å²) in [4.78, 5) is 21.2. The number of aryl methyl sites for hydroxylation is 2. The van der Waals surface area contributed by atoms with Gasteiger partial charge in [-0.05, 0) is 42.8 Å². The highest BCUT2D eigenvalue weighted by Gasteiger charge is 2.14. The van der Waals surface area contributed by atoms with Crippen LogP contribution in [0.2, 0.25) is 0 Å². The zero-order chi connectivity index (χ0) is 18.6. The molecule has 1 amide bonds. The summed E-state index contributed by atoms with van der Waals surface area (Å²) in [6, 6.07) is 20.0. The number of nitrogens with one attached hydrogen (secondary N) is 1. The summed E-state index contributed by atoms with van der Waals surface area (Å²) in [6.07, 6.45) is 4.29. The molecule has 134 valence electrons. The second-order valence-electron chi connectivity index (χ2n) is 6.43. The number of hydrogen-bond donors (Lipinski definition) is 1. The smallest absolute Gasteiger partial charge is 0.224 e. The minimum atomic E-state index is -0.0437. The van der Waals surface area contributed by atoms with Crippen molar-refractivity contribution in [3.63, 3.8) is 0 Å². The fourth-order valence-corrected chi connectivity index (χ4v) is 3.14. The van der Waals surface area contributed by atoms with Crippen LogP contribution in [0.25, 0.3) is 16.7 Å². The lowest BCUT2D eigenvalue weighted by atomic mass is 10.2. The van der Waals surface area contributed by atoms with Gasteiger partial charge in [-0.25, -0.2) is 4.98 Å². The molecule has 0 bridgehead atoms. The summed E-state index contributed by atoms with van der Waals surface area (Å²) < 4.78 is 2.12. The van der Waals surface area contributed by atoms with E-state index in [1.165, 1.54) is 0 Å². The van der Waals surface area contributed by atoms with Crippen LogP contribution in [0, 0.1) is 6.92 Å². The molecule has 5 nitrogen and oxygen atoms in total. The normalized spacial score (nSPS) is 10.9. The van der Waals surface area contributed by atoms with Gasteiger partial charge in [-0.1, -0.05) is 30.3 Å². The van der Waals surface area contributed by atoms with Gasteiger partial charge >= 0.3 is 0 Å². The quantitative estimate of drug-likeness (QED) is 0.580. The van der Waals surface area contributed by atoms with Crippen molar-refractivity contribution < 1.29 is 4.79 Å². The summed E-state index contributed by atoms with van der Waals surface area (Å²) in [5.74, 6) is 0.832. The number of rotatable bonds is 5. The first-order chi connectivity index (χ1) is 13.2. The number of carbonyl (C=O) groups excluding carboxylic acids is 1. The number of anilines is 1. The minimum Gasteiger partial charge on any atom is -0.324 e. The number of para-hydroxylation sites is 3. The number of imidazole rings is 1. The Bertz CT molecular complexity index is 1090. The Kier molecular flexibility index (Phi) is 4.66. The minimum absolute atomic E-state index is 0.0437. The molecule has 0 saturated carbocycles. The fraction of sp³-hybridized carbons (Fsp3) is 0.136. The van der Waals surface area contributed by atoms with Gasteiger partial charge in [0.2, 0.25) is 5.91 Å². The third-order valence-electron chi connectivity index (χ3n) is 4.53. The molecule has 27 heavy (non-hydrogen) atoms. The molecule has 0 saturated heterocycles. The van der Waals surface area contributed by atoms with Gasteiger partial charge in [-0.3, -0.25) is 14.3 Å². The molecule has 0 aliphatic rings. The highest BCUT2D eigenvalue weighted by atomic mass is 16.1. The van der Waals surface area contributed by atoms with Crippen LogP contribution in [0.4, 0.5) is 5.69 Å². The molecule has 0 atom stereocenters. The fourth-order valence-electron chi connectivity index (χ4n) is 3.14. The molecule has 2 aromatic heterocycles. The molecule has 0 spiro atoms. The molecule has 2 aromatic carbocycles. The number of benzene rings is 2. The van der Waals surface area contributed by atoms with Crippen LogP contribution in [0.3, 0.4) is 0 Å². The van der Waals surface area contributed by atoms with Gasteiger partial charge < -0.3 is 5.32 Å². The molecule has 2 heterocycles.